The monoisotopic (exact) mass is 332 g/mol. The Hall–Kier alpha value is -2.22. The third-order valence-electron chi connectivity index (χ3n) is 4.49. The molecule has 0 radical (unpaired) electrons. The summed E-state index contributed by atoms with van der Waals surface area (Å²) >= 11 is 0. The van der Waals surface area contributed by atoms with Gasteiger partial charge in [-0.05, 0) is 6.07 Å². The first-order chi connectivity index (χ1) is 11.7. The van der Waals surface area contributed by atoms with Gasteiger partial charge < -0.3 is 20.0 Å². The van der Waals surface area contributed by atoms with Gasteiger partial charge in [0.05, 0.1) is 0 Å². The van der Waals surface area contributed by atoms with E-state index >= 15 is 0 Å². The lowest BCUT2D eigenvalue weighted by molar-refractivity contribution is -0.137. The van der Waals surface area contributed by atoms with Gasteiger partial charge in [-0.25, -0.2) is 9.97 Å². The van der Waals surface area contributed by atoms with Crippen molar-refractivity contribution in [2.75, 3.05) is 57.3 Å². The molecular formula is C16H24N6O2. The summed E-state index contributed by atoms with van der Waals surface area (Å²) < 4.78 is 0. The lowest BCUT2D eigenvalue weighted by atomic mass is 10.2. The first-order valence-electron chi connectivity index (χ1n) is 8.52. The summed E-state index contributed by atoms with van der Waals surface area (Å²) in [5.41, 5.74) is 0. The lowest BCUT2D eigenvalue weighted by Crippen LogP contribution is -2.49. The van der Waals surface area contributed by atoms with E-state index in [9.17, 15) is 9.59 Å². The number of anilines is 1. The largest absolute Gasteiger partial charge is 0.340 e. The first-order valence-corrected chi connectivity index (χ1v) is 8.52. The number of amides is 2. The van der Waals surface area contributed by atoms with Crippen LogP contribution in [0.1, 0.15) is 12.8 Å². The number of carbonyl (C=O) groups is 2. The number of aromatic nitrogens is 2. The Morgan fingerprint density at radius 2 is 1.42 bits per heavy atom. The average molecular weight is 332 g/mol. The molecule has 130 valence electrons. The van der Waals surface area contributed by atoms with Crippen LogP contribution < -0.4 is 10.2 Å². The van der Waals surface area contributed by atoms with Gasteiger partial charge in [0, 0.05) is 77.6 Å². The van der Waals surface area contributed by atoms with Crippen molar-refractivity contribution in [3.05, 3.63) is 18.5 Å². The number of hydrogen-bond donors (Lipinski definition) is 1. The second kappa shape index (κ2) is 8.05. The zero-order valence-corrected chi connectivity index (χ0v) is 13.9. The van der Waals surface area contributed by atoms with Crippen molar-refractivity contribution in [1.29, 1.82) is 0 Å². The zero-order valence-electron chi connectivity index (χ0n) is 13.9. The minimum atomic E-state index is 0.0621. The van der Waals surface area contributed by atoms with Crippen molar-refractivity contribution in [3.8, 4) is 0 Å². The molecule has 0 bridgehead atoms. The van der Waals surface area contributed by atoms with Crippen LogP contribution in [-0.4, -0.2) is 83.9 Å². The van der Waals surface area contributed by atoms with Crippen LogP contribution in [0.5, 0.6) is 0 Å². The minimum Gasteiger partial charge on any atom is -0.340 e. The Bertz CT molecular complexity index is 553. The number of hydrogen-bond acceptors (Lipinski definition) is 6. The predicted molar refractivity (Wildman–Crippen MR) is 89.5 cm³/mol. The first kappa shape index (κ1) is 16.6. The third kappa shape index (κ3) is 4.19. The van der Waals surface area contributed by atoms with Crippen LogP contribution >= 0.6 is 0 Å². The molecule has 1 N–H and O–H groups in total. The number of rotatable bonds is 4. The molecule has 0 unspecified atom stereocenters. The van der Waals surface area contributed by atoms with Crippen LogP contribution in [0.3, 0.4) is 0 Å². The Kier molecular flexibility index (Phi) is 5.58. The van der Waals surface area contributed by atoms with Gasteiger partial charge in [-0.3, -0.25) is 9.59 Å². The van der Waals surface area contributed by atoms with E-state index < -0.39 is 0 Å². The van der Waals surface area contributed by atoms with E-state index in [1.54, 1.807) is 18.5 Å². The highest BCUT2D eigenvalue weighted by Crippen LogP contribution is 2.11. The molecule has 3 heterocycles. The second-order valence-electron chi connectivity index (χ2n) is 6.05. The molecule has 2 saturated heterocycles. The molecule has 1 aromatic heterocycles. The summed E-state index contributed by atoms with van der Waals surface area (Å²) in [4.78, 5) is 38.7. The average Bonchev–Trinajstić information content (AvgIpc) is 2.67. The van der Waals surface area contributed by atoms with Crippen molar-refractivity contribution < 1.29 is 9.59 Å². The Balaban J connectivity index is 1.41. The fourth-order valence-corrected chi connectivity index (χ4v) is 3.05. The third-order valence-corrected chi connectivity index (χ3v) is 4.49. The van der Waals surface area contributed by atoms with Crippen LogP contribution in [0.4, 0.5) is 5.95 Å². The summed E-state index contributed by atoms with van der Waals surface area (Å²) in [6, 6.07) is 1.79. The maximum absolute atomic E-state index is 12.3. The lowest BCUT2D eigenvalue weighted by Gasteiger charge is -2.35. The fraction of sp³-hybridized carbons (Fsp3) is 0.625. The van der Waals surface area contributed by atoms with Crippen LogP contribution in [-0.2, 0) is 9.59 Å². The van der Waals surface area contributed by atoms with E-state index in [2.05, 4.69) is 20.2 Å². The fourth-order valence-electron chi connectivity index (χ4n) is 3.05. The summed E-state index contributed by atoms with van der Waals surface area (Å²) in [6.45, 7) is 5.90. The van der Waals surface area contributed by atoms with E-state index in [1.165, 1.54) is 0 Å². The molecule has 0 aromatic carbocycles. The number of nitrogens with zero attached hydrogens (tertiary/aromatic N) is 5. The molecule has 2 fully saturated rings. The highest BCUT2D eigenvalue weighted by molar-refractivity contribution is 5.84. The van der Waals surface area contributed by atoms with Crippen LogP contribution in [0.15, 0.2) is 18.5 Å². The molecule has 3 rings (SSSR count). The molecule has 8 heteroatoms. The normalized spacial score (nSPS) is 18.6. The van der Waals surface area contributed by atoms with Gasteiger partial charge >= 0.3 is 0 Å². The SMILES string of the molecule is O=C(CCC(=O)N1CCN(c2ncccn2)CC1)N1CCNCC1. The van der Waals surface area contributed by atoms with Crippen molar-refractivity contribution >= 4 is 17.8 Å². The number of carbonyl (C=O) groups excluding carboxylic acids is 2. The number of nitrogens with one attached hydrogen (secondary N) is 1. The molecule has 2 aliphatic rings. The van der Waals surface area contributed by atoms with E-state index in [0.29, 0.717) is 31.9 Å². The smallest absolute Gasteiger partial charge is 0.225 e. The van der Waals surface area contributed by atoms with Gasteiger partial charge in [-0.2, -0.15) is 0 Å². The highest BCUT2D eigenvalue weighted by Gasteiger charge is 2.24. The van der Waals surface area contributed by atoms with Gasteiger partial charge in [0.25, 0.3) is 0 Å². The Labute approximate surface area is 141 Å². The van der Waals surface area contributed by atoms with Crippen molar-refractivity contribution in [3.63, 3.8) is 0 Å². The molecule has 0 aliphatic carbocycles. The summed E-state index contributed by atoms with van der Waals surface area (Å²) in [6.07, 6.45) is 4.05. The molecule has 8 nitrogen and oxygen atoms in total. The van der Waals surface area contributed by atoms with E-state index in [4.69, 9.17) is 0 Å². The molecule has 0 saturated carbocycles. The van der Waals surface area contributed by atoms with Gasteiger partial charge in [0.1, 0.15) is 0 Å². The molecule has 2 amide bonds. The van der Waals surface area contributed by atoms with Gasteiger partial charge in [-0.1, -0.05) is 0 Å². The second-order valence-corrected chi connectivity index (χ2v) is 6.05. The standard InChI is InChI=1S/C16H24N6O2/c23-14(20-8-6-17-7-9-20)2-3-15(24)21-10-12-22(13-11-21)16-18-4-1-5-19-16/h1,4-5,17H,2-3,6-13H2. The van der Waals surface area contributed by atoms with Crippen molar-refractivity contribution in [2.24, 2.45) is 0 Å². The summed E-state index contributed by atoms with van der Waals surface area (Å²) in [7, 11) is 0. The van der Waals surface area contributed by atoms with Gasteiger partial charge in [0.15, 0.2) is 0 Å². The van der Waals surface area contributed by atoms with Crippen LogP contribution in [0, 0.1) is 0 Å². The van der Waals surface area contributed by atoms with E-state index in [0.717, 1.165) is 39.3 Å². The van der Waals surface area contributed by atoms with Crippen molar-refractivity contribution in [2.45, 2.75) is 12.8 Å². The molecule has 24 heavy (non-hydrogen) atoms. The minimum absolute atomic E-state index is 0.0621. The van der Waals surface area contributed by atoms with Gasteiger partial charge in [0.2, 0.25) is 17.8 Å². The summed E-state index contributed by atoms with van der Waals surface area (Å²) in [5, 5.41) is 3.22. The maximum atomic E-state index is 12.3. The quantitative estimate of drug-likeness (QED) is 0.788. The Morgan fingerprint density at radius 3 is 2.00 bits per heavy atom. The van der Waals surface area contributed by atoms with Crippen LogP contribution in [0.25, 0.3) is 0 Å². The molecule has 1 aromatic rings. The molecule has 0 atom stereocenters. The van der Waals surface area contributed by atoms with E-state index in [1.807, 2.05) is 9.80 Å². The molecule has 0 spiro atoms. The van der Waals surface area contributed by atoms with E-state index in [-0.39, 0.29) is 11.8 Å². The maximum Gasteiger partial charge on any atom is 0.225 e. The predicted octanol–water partition coefficient (Wildman–Crippen LogP) is -0.663. The van der Waals surface area contributed by atoms with Crippen LogP contribution in [0.2, 0.25) is 0 Å². The summed E-state index contributed by atoms with van der Waals surface area (Å²) in [5.74, 6) is 0.853. The molecule has 2 aliphatic heterocycles. The topological polar surface area (TPSA) is 81.7 Å². The van der Waals surface area contributed by atoms with Crippen molar-refractivity contribution in [1.82, 2.24) is 25.1 Å². The highest BCUT2D eigenvalue weighted by atomic mass is 16.2. The Morgan fingerprint density at radius 1 is 0.875 bits per heavy atom. The molecular weight excluding hydrogens is 308 g/mol. The van der Waals surface area contributed by atoms with Gasteiger partial charge in [-0.15, -0.1) is 0 Å². The zero-order chi connectivity index (χ0) is 16.8. The number of piperazine rings is 2.